The van der Waals surface area contributed by atoms with Crippen LogP contribution >= 0.6 is 0 Å². The number of carbonyl (C=O) groups excluding carboxylic acids is 1. The first-order valence-electron chi connectivity index (χ1n) is 4.54. The fraction of sp³-hybridized carbons (Fsp3) is 0.889. The molecule has 1 saturated heterocycles. The van der Waals surface area contributed by atoms with Gasteiger partial charge in [-0.25, -0.2) is 0 Å². The van der Waals surface area contributed by atoms with Crippen LogP contribution < -0.4 is 0 Å². The highest BCUT2D eigenvalue weighted by Crippen LogP contribution is 2.13. The molecular formula is C9H16O3. The Balaban J connectivity index is 2.16. The van der Waals surface area contributed by atoms with Crippen molar-refractivity contribution in [2.45, 2.75) is 38.7 Å². The van der Waals surface area contributed by atoms with E-state index in [2.05, 4.69) is 0 Å². The van der Waals surface area contributed by atoms with E-state index in [1.54, 1.807) is 0 Å². The first-order chi connectivity index (χ1) is 5.79. The van der Waals surface area contributed by atoms with E-state index in [1.165, 1.54) is 19.8 Å². The van der Waals surface area contributed by atoms with E-state index in [1.807, 2.05) is 0 Å². The van der Waals surface area contributed by atoms with Crippen molar-refractivity contribution >= 4 is 5.97 Å². The minimum absolute atomic E-state index is 0.136. The summed E-state index contributed by atoms with van der Waals surface area (Å²) in [4.78, 5) is 10.5. The highest BCUT2D eigenvalue weighted by Gasteiger charge is 2.13. The molecule has 0 aromatic carbocycles. The summed E-state index contributed by atoms with van der Waals surface area (Å²) < 4.78 is 10.3. The van der Waals surface area contributed by atoms with Crippen molar-refractivity contribution in [2.24, 2.45) is 0 Å². The molecule has 1 rings (SSSR count). The van der Waals surface area contributed by atoms with Crippen LogP contribution in [0.2, 0.25) is 0 Å². The lowest BCUT2D eigenvalue weighted by Crippen LogP contribution is -2.20. The number of esters is 1. The van der Waals surface area contributed by atoms with Crippen LogP contribution in [-0.4, -0.2) is 25.3 Å². The van der Waals surface area contributed by atoms with Crippen molar-refractivity contribution < 1.29 is 14.3 Å². The van der Waals surface area contributed by atoms with Gasteiger partial charge >= 0.3 is 5.97 Å². The summed E-state index contributed by atoms with van der Waals surface area (Å²) in [5.74, 6) is -0.220. The quantitative estimate of drug-likeness (QED) is 0.592. The second-order valence-corrected chi connectivity index (χ2v) is 3.14. The van der Waals surface area contributed by atoms with Gasteiger partial charge in [0.15, 0.2) is 0 Å². The van der Waals surface area contributed by atoms with E-state index in [9.17, 15) is 4.79 Å². The lowest BCUT2D eigenvalue weighted by atomic mass is 10.1. The molecule has 0 amide bonds. The minimum Gasteiger partial charge on any atom is -0.463 e. The molecular weight excluding hydrogens is 156 g/mol. The van der Waals surface area contributed by atoms with Crippen LogP contribution in [0.1, 0.15) is 32.6 Å². The highest BCUT2D eigenvalue weighted by molar-refractivity contribution is 5.65. The average Bonchev–Trinajstić information content (AvgIpc) is 2.28. The average molecular weight is 172 g/mol. The molecule has 0 saturated carbocycles. The zero-order valence-electron chi connectivity index (χ0n) is 7.54. The van der Waals surface area contributed by atoms with Crippen molar-refractivity contribution in [3.8, 4) is 0 Å². The van der Waals surface area contributed by atoms with E-state index in [0.717, 1.165) is 19.4 Å². The van der Waals surface area contributed by atoms with Crippen LogP contribution in [0.5, 0.6) is 0 Å². The molecule has 3 heteroatoms. The van der Waals surface area contributed by atoms with Crippen molar-refractivity contribution in [2.75, 3.05) is 13.2 Å². The molecule has 1 fully saturated rings. The largest absolute Gasteiger partial charge is 0.463 e. The fourth-order valence-electron chi connectivity index (χ4n) is 1.33. The Morgan fingerprint density at radius 3 is 3.08 bits per heavy atom. The summed E-state index contributed by atoms with van der Waals surface area (Å²) in [5, 5.41) is 0. The third-order valence-corrected chi connectivity index (χ3v) is 2.00. The summed E-state index contributed by atoms with van der Waals surface area (Å²) in [6.45, 7) is 2.66. The second-order valence-electron chi connectivity index (χ2n) is 3.14. The second kappa shape index (κ2) is 5.14. The molecule has 0 radical (unpaired) electrons. The Hall–Kier alpha value is -0.570. The first kappa shape index (κ1) is 9.52. The van der Waals surface area contributed by atoms with Crippen LogP contribution in [0.15, 0.2) is 0 Å². The normalized spacial score (nSPS) is 24.6. The van der Waals surface area contributed by atoms with Gasteiger partial charge in [-0.3, -0.25) is 4.79 Å². The molecule has 1 heterocycles. The molecule has 1 atom stereocenters. The van der Waals surface area contributed by atoms with Crippen LogP contribution in [0.25, 0.3) is 0 Å². The molecule has 0 spiro atoms. The Morgan fingerprint density at radius 1 is 1.50 bits per heavy atom. The van der Waals surface area contributed by atoms with E-state index >= 15 is 0 Å². The molecule has 0 aliphatic carbocycles. The van der Waals surface area contributed by atoms with Gasteiger partial charge < -0.3 is 9.47 Å². The van der Waals surface area contributed by atoms with Gasteiger partial charge in [0.05, 0.1) is 6.10 Å². The fourth-order valence-corrected chi connectivity index (χ4v) is 1.33. The van der Waals surface area contributed by atoms with Gasteiger partial charge in [0.25, 0.3) is 0 Å². The van der Waals surface area contributed by atoms with Gasteiger partial charge in [0.2, 0.25) is 0 Å². The van der Waals surface area contributed by atoms with Crippen molar-refractivity contribution in [1.29, 1.82) is 0 Å². The number of hydrogen-bond acceptors (Lipinski definition) is 3. The van der Waals surface area contributed by atoms with Gasteiger partial charge in [-0.2, -0.15) is 0 Å². The Morgan fingerprint density at radius 2 is 2.33 bits per heavy atom. The van der Waals surface area contributed by atoms with Crippen LogP contribution in [0.3, 0.4) is 0 Å². The number of carbonyl (C=O) groups is 1. The van der Waals surface area contributed by atoms with Gasteiger partial charge in [-0.05, 0) is 12.8 Å². The number of rotatable bonds is 2. The molecule has 0 aromatic heterocycles. The smallest absolute Gasteiger partial charge is 0.302 e. The molecule has 1 aliphatic rings. The zero-order chi connectivity index (χ0) is 8.81. The lowest BCUT2D eigenvalue weighted by Gasteiger charge is -2.13. The van der Waals surface area contributed by atoms with Gasteiger partial charge in [0.1, 0.15) is 6.61 Å². The van der Waals surface area contributed by atoms with Crippen molar-refractivity contribution in [3.05, 3.63) is 0 Å². The standard InChI is InChI=1S/C9H16O3/c1-8(10)12-7-9-5-3-2-4-6-11-9/h9H,2-7H2,1H3. The predicted octanol–water partition coefficient (Wildman–Crippen LogP) is 1.51. The van der Waals surface area contributed by atoms with Crippen LogP contribution in [0, 0.1) is 0 Å². The van der Waals surface area contributed by atoms with Crippen molar-refractivity contribution in [1.82, 2.24) is 0 Å². The Bertz CT molecular complexity index is 137. The maximum absolute atomic E-state index is 10.5. The lowest BCUT2D eigenvalue weighted by molar-refractivity contribution is -0.145. The first-order valence-corrected chi connectivity index (χ1v) is 4.54. The third-order valence-electron chi connectivity index (χ3n) is 2.00. The maximum Gasteiger partial charge on any atom is 0.302 e. The topological polar surface area (TPSA) is 35.5 Å². The van der Waals surface area contributed by atoms with Gasteiger partial charge in [-0.1, -0.05) is 12.8 Å². The minimum atomic E-state index is -0.220. The Kier molecular flexibility index (Phi) is 4.08. The van der Waals surface area contributed by atoms with Gasteiger partial charge in [-0.15, -0.1) is 0 Å². The van der Waals surface area contributed by atoms with E-state index in [0.29, 0.717) is 6.61 Å². The molecule has 0 N–H and O–H groups in total. The van der Waals surface area contributed by atoms with E-state index in [-0.39, 0.29) is 12.1 Å². The number of ether oxygens (including phenoxy) is 2. The van der Waals surface area contributed by atoms with Crippen LogP contribution in [-0.2, 0) is 14.3 Å². The summed E-state index contributed by atoms with van der Waals surface area (Å²) in [5.41, 5.74) is 0. The summed E-state index contributed by atoms with van der Waals surface area (Å²) >= 11 is 0. The molecule has 70 valence electrons. The van der Waals surface area contributed by atoms with E-state index < -0.39 is 0 Å². The monoisotopic (exact) mass is 172 g/mol. The molecule has 1 aliphatic heterocycles. The predicted molar refractivity (Wildman–Crippen MR) is 44.8 cm³/mol. The summed E-state index contributed by atoms with van der Waals surface area (Å²) in [6, 6.07) is 0. The van der Waals surface area contributed by atoms with Crippen molar-refractivity contribution in [3.63, 3.8) is 0 Å². The highest BCUT2D eigenvalue weighted by atomic mass is 16.6. The zero-order valence-corrected chi connectivity index (χ0v) is 7.54. The number of hydrogen-bond donors (Lipinski definition) is 0. The third kappa shape index (κ3) is 3.72. The van der Waals surface area contributed by atoms with E-state index in [4.69, 9.17) is 9.47 Å². The molecule has 12 heavy (non-hydrogen) atoms. The molecule has 3 nitrogen and oxygen atoms in total. The molecule has 0 aromatic rings. The SMILES string of the molecule is CC(=O)OCC1CCCCCO1. The Labute approximate surface area is 73.0 Å². The van der Waals surface area contributed by atoms with Crippen LogP contribution in [0.4, 0.5) is 0 Å². The maximum atomic E-state index is 10.5. The summed E-state index contributed by atoms with van der Waals surface area (Å²) in [6.07, 6.45) is 4.71. The molecule has 1 unspecified atom stereocenters. The van der Waals surface area contributed by atoms with Gasteiger partial charge in [0, 0.05) is 13.5 Å². The summed E-state index contributed by atoms with van der Waals surface area (Å²) in [7, 11) is 0. The molecule has 0 bridgehead atoms.